The summed E-state index contributed by atoms with van der Waals surface area (Å²) in [5.41, 5.74) is 0. The standard InChI is InChI=1S/C13H26O2/c1-3-4-5-6-7-8-9-13(2)10-11-15-12-14/h12-13H,3-11H2,1-2H3. The Bertz CT molecular complexity index is 134. The molecule has 0 radical (unpaired) electrons. The van der Waals surface area contributed by atoms with E-state index in [1.165, 1.54) is 44.9 Å². The number of hydrogen-bond acceptors (Lipinski definition) is 2. The normalized spacial score (nSPS) is 12.4. The molecule has 0 rings (SSSR count). The molecular formula is C13H26O2. The predicted molar refractivity (Wildman–Crippen MR) is 63.8 cm³/mol. The Morgan fingerprint density at radius 2 is 1.73 bits per heavy atom. The molecule has 0 aliphatic rings. The lowest BCUT2D eigenvalue weighted by Crippen LogP contribution is -2.01. The van der Waals surface area contributed by atoms with Crippen molar-refractivity contribution in [2.45, 2.75) is 65.2 Å². The van der Waals surface area contributed by atoms with E-state index in [-0.39, 0.29) is 0 Å². The molecule has 0 saturated heterocycles. The SMILES string of the molecule is CCCCCCCCC(C)CCOC=O. The summed E-state index contributed by atoms with van der Waals surface area (Å²) in [6.45, 7) is 5.60. The van der Waals surface area contributed by atoms with E-state index in [4.69, 9.17) is 0 Å². The molecule has 1 unspecified atom stereocenters. The minimum atomic E-state index is 0.539. The van der Waals surface area contributed by atoms with Gasteiger partial charge in [0.25, 0.3) is 6.47 Å². The highest BCUT2D eigenvalue weighted by Crippen LogP contribution is 2.14. The quantitative estimate of drug-likeness (QED) is 0.385. The van der Waals surface area contributed by atoms with Gasteiger partial charge in [-0.25, -0.2) is 0 Å². The maximum Gasteiger partial charge on any atom is 0.293 e. The van der Waals surface area contributed by atoms with Gasteiger partial charge in [0.2, 0.25) is 0 Å². The van der Waals surface area contributed by atoms with Crippen LogP contribution in [0.4, 0.5) is 0 Å². The molecule has 2 nitrogen and oxygen atoms in total. The Labute approximate surface area is 94.4 Å². The topological polar surface area (TPSA) is 26.3 Å². The second kappa shape index (κ2) is 11.5. The molecule has 0 aromatic rings. The fourth-order valence-corrected chi connectivity index (χ4v) is 1.73. The largest absolute Gasteiger partial charge is 0.468 e. The maximum absolute atomic E-state index is 9.92. The third-order valence-electron chi connectivity index (χ3n) is 2.85. The summed E-state index contributed by atoms with van der Waals surface area (Å²) in [6.07, 6.45) is 10.4. The highest BCUT2D eigenvalue weighted by Gasteiger charge is 2.01. The second-order valence-electron chi connectivity index (χ2n) is 4.42. The van der Waals surface area contributed by atoms with Gasteiger partial charge in [-0.2, -0.15) is 0 Å². The number of rotatable bonds is 11. The van der Waals surface area contributed by atoms with Crippen LogP contribution in [0.25, 0.3) is 0 Å². The summed E-state index contributed by atoms with van der Waals surface area (Å²) in [5, 5.41) is 0. The Kier molecular flexibility index (Phi) is 11.1. The van der Waals surface area contributed by atoms with E-state index in [1.54, 1.807) is 0 Å². The highest BCUT2D eigenvalue weighted by molar-refractivity contribution is 5.36. The van der Waals surface area contributed by atoms with E-state index >= 15 is 0 Å². The van der Waals surface area contributed by atoms with Crippen LogP contribution in [0.5, 0.6) is 0 Å². The van der Waals surface area contributed by atoms with Crippen molar-refractivity contribution >= 4 is 6.47 Å². The van der Waals surface area contributed by atoms with Gasteiger partial charge >= 0.3 is 0 Å². The Morgan fingerprint density at radius 3 is 2.40 bits per heavy atom. The first kappa shape index (κ1) is 14.5. The predicted octanol–water partition coefficient (Wildman–Crippen LogP) is 3.94. The van der Waals surface area contributed by atoms with Crippen LogP contribution >= 0.6 is 0 Å². The summed E-state index contributed by atoms with van der Waals surface area (Å²) in [7, 11) is 0. The van der Waals surface area contributed by atoms with Gasteiger partial charge in [0.15, 0.2) is 0 Å². The molecule has 0 aliphatic heterocycles. The third kappa shape index (κ3) is 11.4. The van der Waals surface area contributed by atoms with Crippen molar-refractivity contribution in [2.75, 3.05) is 6.61 Å². The summed E-state index contributed by atoms with van der Waals surface area (Å²) < 4.78 is 4.68. The van der Waals surface area contributed by atoms with Crippen LogP contribution in [0.3, 0.4) is 0 Å². The van der Waals surface area contributed by atoms with E-state index in [0.717, 1.165) is 6.42 Å². The van der Waals surface area contributed by atoms with E-state index in [9.17, 15) is 4.79 Å². The van der Waals surface area contributed by atoms with E-state index in [0.29, 0.717) is 19.0 Å². The van der Waals surface area contributed by atoms with Crippen molar-refractivity contribution in [3.05, 3.63) is 0 Å². The van der Waals surface area contributed by atoms with Gasteiger partial charge in [-0.05, 0) is 12.3 Å². The third-order valence-corrected chi connectivity index (χ3v) is 2.85. The molecule has 2 heteroatoms. The van der Waals surface area contributed by atoms with E-state index in [1.807, 2.05) is 0 Å². The van der Waals surface area contributed by atoms with Gasteiger partial charge < -0.3 is 4.74 Å². The van der Waals surface area contributed by atoms with Gasteiger partial charge in [-0.3, -0.25) is 4.79 Å². The van der Waals surface area contributed by atoms with Gasteiger partial charge in [-0.15, -0.1) is 0 Å². The molecule has 0 N–H and O–H groups in total. The fraction of sp³-hybridized carbons (Fsp3) is 0.923. The molecule has 15 heavy (non-hydrogen) atoms. The monoisotopic (exact) mass is 214 g/mol. The minimum absolute atomic E-state index is 0.539. The molecule has 1 atom stereocenters. The first-order valence-electron chi connectivity index (χ1n) is 6.36. The maximum atomic E-state index is 9.92. The van der Waals surface area contributed by atoms with Crippen LogP contribution in [0, 0.1) is 5.92 Å². The molecule has 0 aromatic carbocycles. The molecule has 0 aromatic heterocycles. The van der Waals surface area contributed by atoms with Gasteiger partial charge in [-0.1, -0.05) is 58.8 Å². The summed E-state index contributed by atoms with van der Waals surface area (Å²) >= 11 is 0. The molecular weight excluding hydrogens is 188 g/mol. The zero-order valence-corrected chi connectivity index (χ0v) is 10.3. The first-order valence-corrected chi connectivity index (χ1v) is 6.36. The molecule has 0 aliphatic carbocycles. The van der Waals surface area contributed by atoms with Crippen LogP contribution in [0.15, 0.2) is 0 Å². The van der Waals surface area contributed by atoms with E-state index in [2.05, 4.69) is 18.6 Å². The van der Waals surface area contributed by atoms with Gasteiger partial charge in [0.1, 0.15) is 0 Å². The number of carbonyl (C=O) groups excluding carboxylic acids is 1. The lowest BCUT2D eigenvalue weighted by atomic mass is 9.99. The molecule has 0 heterocycles. The lowest BCUT2D eigenvalue weighted by Gasteiger charge is -2.09. The lowest BCUT2D eigenvalue weighted by molar-refractivity contribution is -0.129. The molecule has 0 bridgehead atoms. The second-order valence-corrected chi connectivity index (χ2v) is 4.42. The van der Waals surface area contributed by atoms with Crippen molar-refractivity contribution in [1.29, 1.82) is 0 Å². The first-order chi connectivity index (χ1) is 7.31. The summed E-state index contributed by atoms with van der Waals surface area (Å²) in [6, 6.07) is 0. The van der Waals surface area contributed by atoms with Crippen LogP contribution in [-0.4, -0.2) is 13.1 Å². The average Bonchev–Trinajstić information content (AvgIpc) is 2.23. The van der Waals surface area contributed by atoms with Gasteiger partial charge in [0.05, 0.1) is 6.61 Å². The van der Waals surface area contributed by atoms with Gasteiger partial charge in [0, 0.05) is 0 Å². The van der Waals surface area contributed by atoms with Crippen molar-refractivity contribution in [3.8, 4) is 0 Å². The molecule has 0 spiro atoms. The molecule has 0 amide bonds. The van der Waals surface area contributed by atoms with Crippen LogP contribution < -0.4 is 0 Å². The summed E-state index contributed by atoms with van der Waals surface area (Å²) in [5.74, 6) is 0.691. The zero-order chi connectivity index (χ0) is 11.4. The van der Waals surface area contributed by atoms with Crippen LogP contribution in [-0.2, 0) is 9.53 Å². The Balaban J connectivity index is 3.09. The molecule has 90 valence electrons. The molecule has 0 saturated carbocycles. The summed E-state index contributed by atoms with van der Waals surface area (Å²) in [4.78, 5) is 9.92. The van der Waals surface area contributed by atoms with Crippen molar-refractivity contribution < 1.29 is 9.53 Å². The van der Waals surface area contributed by atoms with E-state index < -0.39 is 0 Å². The highest BCUT2D eigenvalue weighted by atomic mass is 16.5. The minimum Gasteiger partial charge on any atom is -0.468 e. The Morgan fingerprint density at radius 1 is 1.07 bits per heavy atom. The van der Waals surface area contributed by atoms with Crippen molar-refractivity contribution in [1.82, 2.24) is 0 Å². The number of hydrogen-bond donors (Lipinski definition) is 0. The number of unbranched alkanes of at least 4 members (excludes halogenated alkanes) is 5. The fourth-order valence-electron chi connectivity index (χ4n) is 1.73. The van der Waals surface area contributed by atoms with Crippen LogP contribution in [0.2, 0.25) is 0 Å². The smallest absolute Gasteiger partial charge is 0.293 e. The number of ether oxygens (including phenoxy) is 1. The van der Waals surface area contributed by atoms with Crippen LogP contribution in [0.1, 0.15) is 65.2 Å². The Hall–Kier alpha value is -0.530. The zero-order valence-electron chi connectivity index (χ0n) is 10.3. The average molecular weight is 214 g/mol. The molecule has 0 fully saturated rings. The van der Waals surface area contributed by atoms with Crippen molar-refractivity contribution in [2.24, 2.45) is 5.92 Å². The number of carbonyl (C=O) groups is 1. The van der Waals surface area contributed by atoms with Crippen molar-refractivity contribution in [3.63, 3.8) is 0 Å².